The van der Waals surface area contributed by atoms with Gasteiger partial charge in [-0.15, -0.1) is 14.8 Å². The molecule has 3 rings (SSSR count). The van der Waals surface area contributed by atoms with Gasteiger partial charge >= 0.3 is 0 Å². The number of nitrogens with two attached hydrogens (primary N) is 1. The van der Waals surface area contributed by atoms with Gasteiger partial charge in [0.15, 0.2) is 17.1 Å². The number of tetrazole rings is 1. The Kier molecular flexibility index (Phi) is 3.61. The molecule has 2 N–H and O–H groups in total. The minimum atomic E-state index is 0.372. The first kappa shape index (κ1) is 13.3. The van der Waals surface area contributed by atoms with Crippen molar-refractivity contribution in [1.82, 2.24) is 25.3 Å². The summed E-state index contributed by atoms with van der Waals surface area (Å²) in [6.07, 6.45) is 0. The molecule has 108 valence electrons. The average Bonchev–Trinajstić information content (AvgIpc) is 2.97. The highest BCUT2D eigenvalue weighted by molar-refractivity contribution is 5.45. The van der Waals surface area contributed by atoms with E-state index in [4.69, 9.17) is 15.2 Å². The molecule has 0 spiro atoms. The smallest absolute Gasteiger partial charge is 0.239 e. The lowest BCUT2D eigenvalue weighted by Crippen LogP contribution is -2.01. The number of nitrogens with zero attached hydrogens (tertiary/aromatic N) is 5. The average molecular weight is 286 g/mol. The number of benzene rings is 1. The van der Waals surface area contributed by atoms with Crippen molar-refractivity contribution in [2.45, 2.75) is 13.5 Å². The van der Waals surface area contributed by atoms with Crippen LogP contribution in [-0.4, -0.2) is 31.9 Å². The number of hydrogen-bond donors (Lipinski definition) is 1. The molecule has 0 saturated carbocycles. The molecule has 0 radical (unpaired) electrons. The normalized spacial score (nSPS) is 10.8. The van der Waals surface area contributed by atoms with Gasteiger partial charge in [-0.25, -0.2) is 0 Å². The summed E-state index contributed by atoms with van der Waals surface area (Å²) in [4.78, 5) is 0. The van der Waals surface area contributed by atoms with Crippen molar-refractivity contribution in [3.05, 3.63) is 35.9 Å². The van der Waals surface area contributed by atoms with Gasteiger partial charge in [0.05, 0.1) is 6.61 Å². The fourth-order valence-corrected chi connectivity index (χ4v) is 1.83. The number of rotatable bonds is 5. The Morgan fingerprint density at radius 1 is 1.19 bits per heavy atom. The Hall–Kier alpha value is -2.74. The van der Waals surface area contributed by atoms with Crippen molar-refractivity contribution in [1.29, 1.82) is 0 Å². The highest BCUT2D eigenvalue weighted by atomic mass is 16.5. The molecule has 0 fully saturated rings. The molecule has 21 heavy (non-hydrogen) atoms. The van der Waals surface area contributed by atoms with E-state index in [1.165, 1.54) is 4.63 Å². The van der Waals surface area contributed by atoms with Crippen LogP contribution >= 0.6 is 0 Å². The highest BCUT2D eigenvalue weighted by Crippen LogP contribution is 2.31. The minimum absolute atomic E-state index is 0.372. The van der Waals surface area contributed by atoms with Gasteiger partial charge in [-0.05, 0) is 41.1 Å². The summed E-state index contributed by atoms with van der Waals surface area (Å²) in [7, 11) is 0. The maximum Gasteiger partial charge on any atom is 0.239 e. The molecule has 0 amide bonds. The fourth-order valence-electron chi connectivity index (χ4n) is 1.83. The maximum absolute atomic E-state index is 5.75. The molecule has 0 aliphatic heterocycles. The van der Waals surface area contributed by atoms with Crippen LogP contribution in [0.5, 0.6) is 17.4 Å². The summed E-state index contributed by atoms with van der Waals surface area (Å²) in [5.41, 5.74) is 7.15. The second-order valence-corrected chi connectivity index (χ2v) is 4.22. The molecule has 0 saturated heterocycles. The Bertz CT molecular complexity index is 757. The zero-order valence-corrected chi connectivity index (χ0v) is 11.4. The van der Waals surface area contributed by atoms with Crippen molar-refractivity contribution < 1.29 is 9.47 Å². The van der Waals surface area contributed by atoms with Gasteiger partial charge in [-0.3, -0.25) is 0 Å². The number of hydrogen-bond acceptors (Lipinski definition) is 7. The Morgan fingerprint density at radius 2 is 2.10 bits per heavy atom. The molecular weight excluding hydrogens is 272 g/mol. The van der Waals surface area contributed by atoms with E-state index in [0.29, 0.717) is 36.2 Å². The van der Waals surface area contributed by atoms with E-state index in [9.17, 15) is 0 Å². The lowest BCUT2D eigenvalue weighted by Gasteiger charge is -2.12. The van der Waals surface area contributed by atoms with Crippen LogP contribution in [0.25, 0.3) is 5.65 Å². The number of ether oxygens (including phenoxy) is 2. The zero-order valence-electron chi connectivity index (χ0n) is 11.4. The van der Waals surface area contributed by atoms with Crippen LogP contribution in [0.4, 0.5) is 0 Å². The van der Waals surface area contributed by atoms with E-state index in [1.807, 2.05) is 19.1 Å². The minimum Gasteiger partial charge on any atom is -0.490 e. The standard InChI is InChI=1S/C13H14N6O2/c1-2-20-11-7-9(8-14)3-4-10(11)21-13-6-5-12-15-17-18-19(12)16-13/h3-7H,2,8,14H2,1H3. The fraction of sp³-hybridized carbons (Fsp3) is 0.231. The summed E-state index contributed by atoms with van der Waals surface area (Å²) >= 11 is 0. The maximum atomic E-state index is 5.75. The quantitative estimate of drug-likeness (QED) is 0.751. The molecule has 2 heterocycles. The first-order valence-corrected chi connectivity index (χ1v) is 6.49. The second kappa shape index (κ2) is 5.71. The number of fused-ring (bicyclic) bond motifs is 1. The topological polar surface area (TPSA) is 100 Å². The largest absolute Gasteiger partial charge is 0.490 e. The molecule has 3 aromatic rings. The van der Waals surface area contributed by atoms with Gasteiger partial charge in [0, 0.05) is 12.6 Å². The third-order valence-corrected chi connectivity index (χ3v) is 2.80. The predicted molar refractivity (Wildman–Crippen MR) is 74.2 cm³/mol. The molecule has 0 aliphatic carbocycles. The SMILES string of the molecule is CCOc1cc(CN)ccc1Oc1ccc2nnnn2n1. The van der Waals surface area contributed by atoms with Crippen molar-refractivity contribution in [2.24, 2.45) is 5.73 Å². The third-order valence-electron chi connectivity index (χ3n) is 2.80. The second-order valence-electron chi connectivity index (χ2n) is 4.22. The van der Waals surface area contributed by atoms with Crippen LogP contribution < -0.4 is 15.2 Å². The third kappa shape index (κ3) is 2.75. The molecular formula is C13H14N6O2. The van der Waals surface area contributed by atoms with Gasteiger partial charge in [-0.2, -0.15) is 0 Å². The van der Waals surface area contributed by atoms with Crippen LogP contribution in [0, 0.1) is 0 Å². The van der Waals surface area contributed by atoms with E-state index in [1.54, 1.807) is 18.2 Å². The van der Waals surface area contributed by atoms with Gasteiger partial charge in [-0.1, -0.05) is 6.07 Å². The summed E-state index contributed by atoms with van der Waals surface area (Å²) in [5.74, 6) is 1.56. The molecule has 1 aromatic carbocycles. The van der Waals surface area contributed by atoms with Crippen molar-refractivity contribution in [2.75, 3.05) is 6.61 Å². The molecule has 0 aliphatic rings. The van der Waals surface area contributed by atoms with Gasteiger partial charge < -0.3 is 15.2 Å². The van der Waals surface area contributed by atoms with Crippen LogP contribution in [-0.2, 0) is 6.54 Å². The molecule has 8 heteroatoms. The molecule has 0 unspecified atom stereocenters. The Morgan fingerprint density at radius 3 is 2.90 bits per heavy atom. The van der Waals surface area contributed by atoms with Gasteiger partial charge in [0.25, 0.3) is 0 Å². The predicted octanol–water partition coefficient (Wildman–Crippen LogP) is 1.17. The first-order valence-electron chi connectivity index (χ1n) is 6.49. The summed E-state index contributed by atoms with van der Waals surface area (Å²) < 4.78 is 12.6. The first-order chi connectivity index (χ1) is 10.3. The molecule has 0 atom stereocenters. The highest BCUT2D eigenvalue weighted by Gasteiger charge is 2.09. The lowest BCUT2D eigenvalue weighted by molar-refractivity contribution is 0.318. The van der Waals surface area contributed by atoms with Crippen molar-refractivity contribution in [3.8, 4) is 17.4 Å². The van der Waals surface area contributed by atoms with Crippen LogP contribution in [0.1, 0.15) is 12.5 Å². The Balaban J connectivity index is 1.92. The lowest BCUT2D eigenvalue weighted by atomic mass is 10.2. The summed E-state index contributed by atoms with van der Waals surface area (Å²) in [5, 5.41) is 15.2. The molecule has 0 bridgehead atoms. The summed E-state index contributed by atoms with van der Waals surface area (Å²) in [6, 6.07) is 8.95. The monoisotopic (exact) mass is 286 g/mol. The van der Waals surface area contributed by atoms with Crippen molar-refractivity contribution >= 4 is 5.65 Å². The van der Waals surface area contributed by atoms with E-state index in [-0.39, 0.29) is 0 Å². The van der Waals surface area contributed by atoms with E-state index in [2.05, 4.69) is 20.6 Å². The Labute approximate surface area is 120 Å². The van der Waals surface area contributed by atoms with Crippen LogP contribution in [0.15, 0.2) is 30.3 Å². The van der Waals surface area contributed by atoms with Gasteiger partial charge in [0.1, 0.15) is 0 Å². The summed E-state index contributed by atoms with van der Waals surface area (Å²) in [6.45, 7) is 2.88. The van der Waals surface area contributed by atoms with E-state index >= 15 is 0 Å². The molecule has 8 nitrogen and oxygen atoms in total. The van der Waals surface area contributed by atoms with E-state index in [0.717, 1.165) is 5.56 Å². The van der Waals surface area contributed by atoms with Crippen LogP contribution in [0.3, 0.4) is 0 Å². The van der Waals surface area contributed by atoms with E-state index < -0.39 is 0 Å². The van der Waals surface area contributed by atoms with Crippen LogP contribution in [0.2, 0.25) is 0 Å². The molecule has 2 aromatic heterocycles. The number of aromatic nitrogens is 5. The van der Waals surface area contributed by atoms with Crippen molar-refractivity contribution in [3.63, 3.8) is 0 Å². The van der Waals surface area contributed by atoms with Gasteiger partial charge in [0.2, 0.25) is 5.88 Å². The zero-order chi connectivity index (χ0) is 14.7.